The molecule has 0 radical (unpaired) electrons. The second-order valence-electron chi connectivity index (χ2n) is 9.03. The minimum atomic E-state index is -1.14. The van der Waals surface area contributed by atoms with E-state index in [1.807, 2.05) is 30.3 Å². The van der Waals surface area contributed by atoms with Gasteiger partial charge in [0.25, 0.3) is 5.56 Å². The van der Waals surface area contributed by atoms with Crippen LogP contribution in [0.25, 0.3) is 22.0 Å². The molecular weight excluding hydrogens is 524 g/mol. The van der Waals surface area contributed by atoms with Gasteiger partial charge in [-0.2, -0.15) is 5.10 Å². The van der Waals surface area contributed by atoms with E-state index in [-0.39, 0.29) is 29.3 Å². The lowest BCUT2D eigenvalue weighted by atomic mass is 9.91. The summed E-state index contributed by atoms with van der Waals surface area (Å²) in [5.41, 5.74) is 2.46. The summed E-state index contributed by atoms with van der Waals surface area (Å²) in [4.78, 5) is 40.7. The Kier molecular flexibility index (Phi) is 7.16. The van der Waals surface area contributed by atoms with E-state index in [9.17, 15) is 24.8 Å². The van der Waals surface area contributed by atoms with Crippen molar-refractivity contribution in [2.24, 2.45) is 5.10 Å². The molecule has 3 aromatic carbocycles. The average Bonchev–Trinajstić information content (AvgIpc) is 3.37. The highest BCUT2D eigenvalue weighted by molar-refractivity contribution is 6.31. The number of carbonyl (C=O) groups excluding carboxylic acids is 1. The largest absolute Gasteiger partial charge is 0.733 e. The average molecular weight is 546 g/mol. The van der Waals surface area contributed by atoms with Crippen molar-refractivity contribution in [1.82, 2.24) is 9.99 Å². The lowest BCUT2D eigenvalue weighted by Crippen LogP contribution is -2.27. The highest BCUT2D eigenvalue weighted by Crippen LogP contribution is 2.38. The van der Waals surface area contributed by atoms with Crippen molar-refractivity contribution in [3.05, 3.63) is 105 Å². The highest BCUT2D eigenvalue weighted by Gasteiger charge is 2.35. The maximum atomic E-state index is 13.5. The standard InChI is InChI=1S/C28H22ClN4O6/c29-18-9-10-21-20(14-18)26(16-5-2-1-3-6-16)27(28(37)30-21)22-15-23(17-7-4-8-19(13-17)33(38)39)32(31-22)24(34)11-12-25(35)36/h1-10,13-14,23,38H,11-12,15H2,(H,30,37)(H,35,36)/q-1/t23-/m1/s1. The second-order valence-corrected chi connectivity index (χ2v) is 9.46. The number of nitrogens with one attached hydrogen (secondary N) is 1. The number of hydrogen-bond donors (Lipinski definition) is 3. The quantitative estimate of drug-likeness (QED) is 0.274. The number of nitrogens with zero attached hydrogens (tertiary/aromatic N) is 3. The van der Waals surface area contributed by atoms with Crippen molar-refractivity contribution in [1.29, 1.82) is 0 Å². The molecule has 3 N–H and O–H groups in total. The van der Waals surface area contributed by atoms with Crippen LogP contribution in [0.3, 0.4) is 0 Å². The van der Waals surface area contributed by atoms with Gasteiger partial charge in [-0.05, 0) is 41.5 Å². The Morgan fingerprint density at radius 1 is 1.05 bits per heavy atom. The van der Waals surface area contributed by atoms with Crippen molar-refractivity contribution in [3.63, 3.8) is 0 Å². The summed E-state index contributed by atoms with van der Waals surface area (Å²) in [6.07, 6.45) is -0.616. The van der Waals surface area contributed by atoms with Crippen LogP contribution in [0.1, 0.15) is 36.4 Å². The number of pyridine rings is 1. The summed E-state index contributed by atoms with van der Waals surface area (Å²) in [5.74, 6) is -1.70. The zero-order valence-corrected chi connectivity index (χ0v) is 21.1. The third kappa shape index (κ3) is 5.26. The number of benzene rings is 3. The molecule has 1 aliphatic rings. The zero-order valence-electron chi connectivity index (χ0n) is 20.4. The molecule has 1 amide bonds. The van der Waals surface area contributed by atoms with Gasteiger partial charge in [0, 0.05) is 34.3 Å². The predicted molar refractivity (Wildman–Crippen MR) is 147 cm³/mol. The van der Waals surface area contributed by atoms with Gasteiger partial charge in [-0.25, -0.2) is 5.01 Å². The van der Waals surface area contributed by atoms with Gasteiger partial charge < -0.3 is 20.5 Å². The number of hydrazone groups is 1. The number of rotatable bonds is 7. The molecule has 4 aromatic rings. The first-order chi connectivity index (χ1) is 18.7. The van der Waals surface area contributed by atoms with Crippen molar-refractivity contribution >= 4 is 45.8 Å². The molecule has 198 valence electrons. The van der Waals surface area contributed by atoms with Crippen LogP contribution < -0.4 is 10.8 Å². The molecule has 39 heavy (non-hydrogen) atoms. The molecule has 11 heteroatoms. The summed E-state index contributed by atoms with van der Waals surface area (Å²) in [6, 6.07) is 19.6. The normalized spacial score (nSPS) is 14.9. The fraction of sp³-hybridized carbons (Fsp3) is 0.143. The summed E-state index contributed by atoms with van der Waals surface area (Å²) in [6.45, 7) is 0. The second kappa shape index (κ2) is 10.7. The molecule has 2 heterocycles. The number of aromatic amines is 1. The van der Waals surface area contributed by atoms with Crippen LogP contribution in [-0.4, -0.2) is 37.9 Å². The van der Waals surface area contributed by atoms with E-state index in [0.717, 1.165) is 10.6 Å². The van der Waals surface area contributed by atoms with Gasteiger partial charge in [-0.1, -0.05) is 54.1 Å². The van der Waals surface area contributed by atoms with E-state index in [4.69, 9.17) is 16.7 Å². The van der Waals surface area contributed by atoms with Gasteiger partial charge in [0.2, 0.25) is 5.91 Å². The monoisotopic (exact) mass is 545 g/mol. The Morgan fingerprint density at radius 2 is 1.82 bits per heavy atom. The Morgan fingerprint density at radius 3 is 2.54 bits per heavy atom. The van der Waals surface area contributed by atoms with Crippen LogP contribution in [0.5, 0.6) is 0 Å². The lowest BCUT2D eigenvalue weighted by molar-refractivity contribution is -0.141. The maximum Gasteiger partial charge on any atom is 0.303 e. The Balaban J connectivity index is 1.69. The van der Waals surface area contributed by atoms with Crippen LogP contribution in [0.2, 0.25) is 5.02 Å². The Hall–Kier alpha value is -4.51. The molecule has 0 spiro atoms. The first kappa shape index (κ1) is 26.1. The molecule has 0 aliphatic carbocycles. The molecule has 0 fully saturated rings. The van der Waals surface area contributed by atoms with Crippen molar-refractivity contribution in [2.45, 2.75) is 25.3 Å². The van der Waals surface area contributed by atoms with E-state index in [1.54, 1.807) is 30.3 Å². The maximum absolute atomic E-state index is 13.5. The minimum absolute atomic E-state index is 0.0537. The number of fused-ring (bicyclic) bond motifs is 1. The Labute approximate surface area is 226 Å². The van der Waals surface area contributed by atoms with E-state index < -0.39 is 29.9 Å². The van der Waals surface area contributed by atoms with E-state index in [2.05, 4.69) is 10.1 Å². The highest BCUT2D eigenvalue weighted by atomic mass is 35.5. The number of anilines is 1. The number of hydrogen-bond acceptors (Lipinski definition) is 7. The number of amides is 1. The number of halogens is 1. The summed E-state index contributed by atoms with van der Waals surface area (Å²) in [5, 5.41) is 36.6. The molecule has 1 atom stereocenters. The van der Waals surface area contributed by atoms with Crippen LogP contribution in [0, 0.1) is 5.21 Å². The molecule has 1 aliphatic heterocycles. The van der Waals surface area contributed by atoms with E-state index in [1.165, 1.54) is 12.1 Å². The van der Waals surface area contributed by atoms with Gasteiger partial charge in [0.1, 0.15) is 0 Å². The third-order valence-corrected chi connectivity index (χ3v) is 6.76. The fourth-order valence-corrected chi connectivity index (χ4v) is 4.95. The minimum Gasteiger partial charge on any atom is -0.733 e. The van der Waals surface area contributed by atoms with Crippen molar-refractivity contribution in [3.8, 4) is 11.1 Å². The lowest BCUT2D eigenvalue weighted by Gasteiger charge is -2.25. The number of aliphatic carboxylic acids is 1. The van der Waals surface area contributed by atoms with Crippen LogP contribution in [-0.2, 0) is 9.59 Å². The summed E-state index contributed by atoms with van der Waals surface area (Å²) >= 11 is 6.33. The number of carbonyl (C=O) groups is 2. The SMILES string of the molecule is O=C(O)CCC(=O)N1N=C(c2c(-c3ccccc3)c3cc(Cl)ccc3[nH]c2=O)C[C@@H]1c1cccc(N([O-])O)c1. The molecule has 0 unspecified atom stereocenters. The molecule has 5 rings (SSSR count). The third-order valence-electron chi connectivity index (χ3n) is 6.52. The van der Waals surface area contributed by atoms with E-state index in [0.29, 0.717) is 32.8 Å². The molecule has 0 saturated carbocycles. The molecular formula is C28H22ClN4O6-. The van der Waals surface area contributed by atoms with Crippen molar-refractivity contribution < 1.29 is 19.9 Å². The Bertz CT molecular complexity index is 1670. The molecule has 0 bridgehead atoms. The predicted octanol–water partition coefficient (Wildman–Crippen LogP) is 5.08. The number of aromatic nitrogens is 1. The molecule has 1 aromatic heterocycles. The zero-order chi connectivity index (χ0) is 27.7. The van der Waals surface area contributed by atoms with Crippen molar-refractivity contribution in [2.75, 3.05) is 5.23 Å². The van der Waals surface area contributed by atoms with Gasteiger partial charge in [-0.3, -0.25) is 19.6 Å². The number of carboxylic acids is 1. The first-order valence-electron chi connectivity index (χ1n) is 12.0. The van der Waals surface area contributed by atoms with Gasteiger partial charge >= 0.3 is 5.97 Å². The van der Waals surface area contributed by atoms with Crippen LogP contribution in [0.4, 0.5) is 5.69 Å². The van der Waals surface area contributed by atoms with Gasteiger partial charge in [-0.15, -0.1) is 0 Å². The van der Waals surface area contributed by atoms with Gasteiger partial charge in [0.05, 0.1) is 29.4 Å². The van der Waals surface area contributed by atoms with E-state index >= 15 is 0 Å². The topological polar surface area (TPSA) is 149 Å². The fourth-order valence-electron chi connectivity index (χ4n) is 4.78. The number of H-pyrrole nitrogens is 1. The summed E-state index contributed by atoms with van der Waals surface area (Å²) in [7, 11) is 0. The van der Waals surface area contributed by atoms with Crippen LogP contribution in [0.15, 0.2) is 82.7 Å². The van der Waals surface area contributed by atoms with Gasteiger partial charge in [0.15, 0.2) is 0 Å². The number of carboxylic acid groups (broad SMARTS) is 1. The van der Waals surface area contributed by atoms with Crippen LogP contribution >= 0.6 is 11.6 Å². The molecule has 0 saturated heterocycles. The smallest absolute Gasteiger partial charge is 0.303 e. The summed E-state index contributed by atoms with van der Waals surface area (Å²) < 4.78 is 0. The first-order valence-corrected chi connectivity index (χ1v) is 12.4. The molecule has 10 nitrogen and oxygen atoms in total.